The van der Waals surface area contributed by atoms with Crippen molar-refractivity contribution in [3.05, 3.63) is 29.8 Å². The van der Waals surface area contributed by atoms with Crippen LogP contribution in [0.4, 0.5) is 0 Å². The van der Waals surface area contributed by atoms with Gasteiger partial charge in [0.25, 0.3) is 5.91 Å². The smallest absolute Gasteiger partial charge is 0.264 e. The fourth-order valence-corrected chi connectivity index (χ4v) is 2.01. The standard InChI is InChI=1S/C12H15NO3/c1-12(15-3)8-6-4-5-7-9(8)16-10(12)11(14)13-2/h4-7,10H,1-3H3,(H,13,14). The summed E-state index contributed by atoms with van der Waals surface area (Å²) < 4.78 is 11.1. The molecule has 0 bridgehead atoms. The number of hydrogen-bond donors (Lipinski definition) is 1. The van der Waals surface area contributed by atoms with Gasteiger partial charge in [-0.3, -0.25) is 4.79 Å². The van der Waals surface area contributed by atoms with Crippen LogP contribution in [0, 0.1) is 0 Å². The fourth-order valence-electron chi connectivity index (χ4n) is 2.01. The van der Waals surface area contributed by atoms with E-state index in [2.05, 4.69) is 5.32 Å². The predicted molar refractivity (Wildman–Crippen MR) is 59.3 cm³/mol. The number of fused-ring (bicyclic) bond motifs is 1. The Bertz CT molecular complexity index is 418. The monoisotopic (exact) mass is 221 g/mol. The summed E-state index contributed by atoms with van der Waals surface area (Å²) in [5.41, 5.74) is 0.183. The molecule has 4 nitrogen and oxygen atoms in total. The number of carbonyl (C=O) groups is 1. The zero-order chi connectivity index (χ0) is 11.8. The zero-order valence-corrected chi connectivity index (χ0v) is 9.61. The third kappa shape index (κ3) is 1.38. The van der Waals surface area contributed by atoms with E-state index in [1.54, 1.807) is 14.2 Å². The topological polar surface area (TPSA) is 47.6 Å². The molecule has 1 aromatic rings. The van der Waals surface area contributed by atoms with Crippen molar-refractivity contribution in [2.75, 3.05) is 14.2 Å². The maximum atomic E-state index is 11.7. The van der Waals surface area contributed by atoms with Gasteiger partial charge in [-0.15, -0.1) is 0 Å². The molecule has 4 heteroatoms. The van der Waals surface area contributed by atoms with Crippen LogP contribution in [0.1, 0.15) is 12.5 Å². The maximum Gasteiger partial charge on any atom is 0.264 e. The highest BCUT2D eigenvalue weighted by Crippen LogP contribution is 2.43. The zero-order valence-electron chi connectivity index (χ0n) is 9.61. The van der Waals surface area contributed by atoms with Crippen LogP contribution in [0.2, 0.25) is 0 Å². The molecule has 1 N–H and O–H groups in total. The average molecular weight is 221 g/mol. The maximum absolute atomic E-state index is 11.7. The molecule has 0 aliphatic carbocycles. The van der Waals surface area contributed by atoms with Crippen LogP contribution in [0.15, 0.2) is 24.3 Å². The number of para-hydroxylation sites is 1. The van der Waals surface area contributed by atoms with Crippen molar-refractivity contribution in [1.29, 1.82) is 0 Å². The van der Waals surface area contributed by atoms with Gasteiger partial charge in [0, 0.05) is 19.7 Å². The molecule has 0 saturated carbocycles. The van der Waals surface area contributed by atoms with Crippen LogP contribution >= 0.6 is 0 Å². The molecule has 0 aromatic heterocycles. The SMILES string of the molecule is CNC(=O)C1Oc2ccccc2C1(C)OC. The summed E-state index contributed by atoms with van der Waals surface area (Å²) in [6.45, 7) is 1.86. The Morgan fingerprint density at radius 1 is 1.50 bits per heavy atom. The molecule has 1 heterocycles. The summed E-state index contributed by atoms with van der Waals surface area (Å²) in [6, 6.07) is 7.55. The van der Waals surface area contributed by atoms with Gasteiger partial charge in [-0.1, -0.05) is 18.2 Å². The molecule has 86 valence electrons. The normalized spacial score (nSPS) is 27.1. The number of rotatable bonds is 2. The predicted octanol–water partition coefficient (Wildman–Crippen LogP) is 1.06. The van der Waals surface area contributed by atoms with E-state index < -0.39 is 11.7 Å². The Balaban J connectivity index is 2.46. The Morgan fingerprint density at radius 2 is 2.19 bits per heavy atom. The van der Waals surface area contributed by atoms with Crippen molar-refractivity contribution < 1.29 is 14.3 Å². The molecule has 1 amide bonds. The number of ether oxygens (including phenoxy) is 2. The van der Waals surface area contributed by atoms with Crippen molar-refractivity contribution in [2.45, 2.75) is 18.6 Å². The molecule has 0 saturated heterocycles. The molecule has 2 unspecified atom stereocenters. The van der Waals surface area contributed by atoms with Gasteiger partial charge in [-0.25, -0.2) is 0 Å². The first-order valence-electron chi connectivity index (χ1n) is 5.16. The van der Waals surface area contributed by atoms with Gasteiger partial charge in [0.15, 0.2) is 0 Å². The summed E-state index contributed by atoms with van der Waals surface area (Å²) in [6.07, 6.45) is -0.639. The number of hydrogen-bond acceptors (Lipinski definition) is 3. The van der Waals surface area contributed by atoms with Crippen LogP contribution in [0.3, 0.4) is 0 Å². The Kier molecular flexibility index (Phi) is 2.59. The number of likely N-dealkylation sites (N-methyl/N-ethyl adjacent to an activating group) is 1. The van der Waals surface area contributed by atoms with Crippen LogP contribution in [-0.4, -0.2) is 26.2 Å². The minimum Gasteiger partial charge on any atom is -0.477 e. The highest BCUT2D eigenvalue weighted by molar-refractivity contribution is 5.83. The van der Waals surface area contributed by atoms with Gasteiger partial charge >= 0.3 is 0 Å². The fraction of sp³-hybridized carbons (Fsp3) is 0.417. The van der Waals surface area contributed by atoms with Gasteiger partial charge in [0.1, 0.15) is 11.4 Å². The lowest BCUT2D eigenvalue weighted by Crippen LogP contribution is -2.47. The molecular weight excluding hydrogens is 206 g/mol. The third-order valence-corrected chi connectivity index (χ3v) is 3.08. The van der Waals surface area contributed by atoms with E-state index >= 15 is 0 Å². The first-order chi connectivity index (χ1) is 7.63. The average Bonchev–Trinajstić information content (AvgIpc) is 2.63. The van der Waals surface area contributed by atoms with Crippen molar-refractivity contribution in [2.24, 2.45) is 0 Å². The van der Waals surface area contributed by atoms with E-state index in [0.29, 0.717) is 5.75 Å². The Hall–Kier alpha value is -1.55. The van der Waals surface area contributed by atoms with Crippen LogP contribution < -0.4 is 10.1 Å². The second-order valence-corrected chi connectivity index (χ2v) is 3.92. The van der Waals surface area contributed by atoms with E-state index in [1.165, 1.54) is 0 Å². The first kappa shape index (κ1) is 11.0. The molecule has 0 fully saturated rings. The lowest BCUT2D eigenvalue weighted by molar-refractivity contribution is -0.140. The summed E-state index contributed by atoms with van der Waals surface area (Å²) >= 11 is 0. The van der Waals surface area contributed by atoms with E-state index in [9.17, 15) is 4.79 Å². The Morgan fingerprint density at radius 3 is 2.81 bits per heavy atom. The lowest BCUT2D eigenvalue weighted by atomic mass is 9.91. The molecule has 16 heavy (non-hydrogen) atoms. The number of carbonyl (C=O) groups excluding carboxylic acids is 1. The van der Waals surface area contributed by atoms with Gasteiger partial charge < -0.3 is 14.8 Å². The molecule has 0 spiro atoms. The number of nitrogens with one attached hydrogen (secondary N) is 1. The van der Waals surface area contributed by atoms with Crippen molar-refractivity contribution in [1.82, 2.24) is 5.32 Å². The van der Waals surface area contributed by atoms with Crippen molar-refractivity contribution in [3.8, 4) is 5.75 Å². The third-order valence-electron chi connectivity index (χ3n) is 3.08. The minimum atomic E-state index is -0.726. The molecule has 1 aliphatic heterocycles. The van der Waals surface area contributed by atoms with Crippen LogP contribution in [0.5, 0.6) is 5.75 Å². The molecule has 2 atom stereocenters. The highest BCUT2D eigenvalue weighted by atomic mass is 16.6. The van der Waals surface area contributed by atoms with Gasteiger partial charge in [0.2, 0.25) is 6.10 Å². The largest absolute Gasteiger partial charge is 0.477 e. The quantitative estimate of drug-likeness (QED) is 0.812. The number of amides is 1. The molecule has 1 aliphatic rings. The van der Waals surface area contributed by atoms with E-state index in [-0.39, 0.29) is 5.91 Å². The van der Waals surface area contributed by atoms with Gasteiger partial charge in [-0.2, -0.15) is 0 Å². The van der Waals surface area contributed by atoms with Crippen LogP contribution in [0.25, 0.3) is 0 Å². The van der Waals surface area contributed by atoms with Crippen LogP contribution in [-0.2, 0) is 15.1 Å². The summed E-state index contributed by atoms with van der Waals surface area (Å²) in [5, 5.41) is 2.59. The molecule has 1 aromatic carbocycles. The van der Waals surface area contributed by atoms with Crippen molar-refractivity contribution >= 4 is 5.91 Å². The number of benzene rings is 1. The van der Waals surface area contributed by atoms with E-state index in [0.717, 1.165) is 5.56 Å². The second-order valence-electron chi connectivity index (χ2n) is 3.92. The van der Waals surface area contributed by atoms with Gasteiger partial charge in [0.05, 0.1) is 0 Å². The summed E-state index contributed by atoms with van der Waals surface area (Å²) in [7, 11) is 3.17. The summed E-state index contributed by atoms with van der Waals surface area (Å²) in [5.74, 6) is 0.529. The molecular formula is C12H15NO3. The summed E-state index contributed by atoms with van der Waals surface area (Å²) in [4.78, 5) is 11.7. The van der Waals surface area contributed by atoms with Crippen molar-refractivity contribution in [3.63, 3.8) is 0 Å². The highest BCUT2D eigenvalue weighted by Gasteiger charge is 2.49. The molecule has 2 rings (SSSR count). The molecule has 0 radical (unpaired) electrons. The number of methoxy groups -OCH3 is 1. The first-order valence-corrected chi connectivity index (χ1v) is 5.16. The second kappa shape index (κ2) is 3.79. The van der Waals surface area contributed by atoms with Gasteiger partial charge in [-0.05, 0) is 13.0 Å². The lowest BCUT2D eigenvalue weighted by Gasteiger charge is -2.27. The van der Waals surface area contributed by atoms with E-state index in [4.69, 9.17) is 9.47 Å². The minimum absolute atomic E-state index is 0.180. The van der Waals surface area contributed by atoms with E-state index in [1.807, 2.05) is 31.2 Å². The Labute approximate surface area is 94.6 Å².